The fraction of sp³-hybridized carbons (Fsp3) is 0.864. The van der Waals surface area contributed by atoms with Crippen molar-refractivity contribution in [1.82, 2.24) is 0 Å². The van der Waals surface area contributed by atoms with Gasteiger partial charge in [0.15, 0.2) is 0 Å². The standard InChI is InChI=1S/C22H43NO2.BrH/c1-4-6-7-8-9-10-11-12-13-14-15-16-21(17-18-23)19-20(3)25-22(24)5-2;/h5,20-21H,2,4,6-19,23H2,1,3H3;1H. The fourth-order valence-electron chi connectivity index (χ4n) is 3.53. The predicted molar refractivity (Wildman–Crippen MR) is 107 cm³/mol. The van der Waals surface area contributed by atoms with Crippen molar-refractivity contribution in [2.75, 3.05) is 6.54 Å². The molecule has 3 N–H and O–H groups in total. The lowest BCUT2D eigenvalue weighted by Gasteiger charge is -2.19. The zero-order valence-electron chi connectivity index (χ0n) is 17.4. The van der Waals surface area contributed by atoms with Crippen LogP contribution in [0.5, 0.6) is 0 Å². The smallest absolute Gasteiger partial charge is 0.330 e. The number of unbranched alkanes of at least 4 members (excludes halogenated alkanes) is 10. The van der Waals surface area contributed by atoms with Gasteiger partial charge < -0.3 is 27.5 Å². The summed E-state index contributed by atoms with van der Waals surface area (Å²) in [6.07, 6.45) is 19.8. The molecular weight excluding hydrogens is 390 g/mol. The summed E-state index contributed by atoms with van der Waals surface area (Å²) in [5.74, 6) is 0.319. The third kappa shape index (κ3) is 18.4. The SMILES string of the molecule is C=CC(=O)OC(C)CC(CC[NH3+])CCCCCCCCCCCCC.[Br-]. The second-order valence-electron chi connectivity index (χ2n) is 7.52. The summed E-state index contributed by atoms with van der Waals surface area (Å²) in [5, 5.41) is 0. The summed E-state index contributed by atoms with van der Waals surface area (Å²) >= 11 is 0. The van der Waals surface area contributed by atoms with Gasteiger partial charge in [0.2, 0.25) is 0 Å². The molecule has 0 fully saturated rings. The average Bonchev–Trinajstić information content (AvgIpc) is 2.59. The molecule has 0 aromatic rings. The van der Waals surface area contributed by atoms with Gasteiger partial charge in [-0.15, -0.1) is 0 Å². The number of quaternary nitrogens is 1. The summed E-state index contributed by atoms with van der Waals surface area (Å²) in [7, 11) is 0. The number of esters is 1. The van der Waals surface area contributed by atoms with Gasteiger partial charge in [-0.25, -0.2) is 4.79 Å². The van der Waals surface area contributed by atoms with Crippen LogP contribution in [0.3, 0.4) is 0 Å². The number of carbonyl (C=O) groups excluding carboxylic acids is 1. The van der Waals surface area contributed by atoms with Crippen LogP contribution in [0, 0.1) is 5.92 Å². The molecule has 0 rings (SSSR count). The Hall–Kier alpha value is -0.350. The first-order valence-corrected chi connectivity index (χ1v) is 10.8. The summed E-state index contributed by atoms with van der Waals surface area (Å²) in [4.78, 5) is 11.3. The molecule has 26 heavy (non-hydrogen) atoms. The summed E-state index contributed by atoms with van der Waals surface area (Å²) in [5.41, 5.74) is 3.99. The summed E-state index contributed by atoms with van der Waals surface area (Å²) in [6, 6.07) is 0. The van der Waals surface area contributed by atoms with Crippen LogP contribution in [0.2, 0.25) is 0 Å². The lowest BCUT2D eigenvalue weighted by Crippen LogP contribution is -3.00. The molecule has 2 atom stereocenters. The van der Waals surface area contributed by atoms with Crippen LogP contribution in [-0.4, -0.2) is 18.6 Å². The van der Waals surface area contributed by atoms with Gasteiger partial charge in [0.25, 0.3) is 0 Å². The monoisotopic (exact) mass is 433 g/mol. The first kappa shape index (κ1) is 27.9. The number of rotatable bonds is 18. The minimum absolute atomic E-state index is 0. The molecule has 2 unspecified atom stereocenters. The molecule has 0 aliphatic rings. The Morgan fingerprint density at radius 2 is 1.46 bits per heavy atom. The van der Waals surface area contributed by atoms with E-state index in [1.54, 1.807) is 0 Å². The molecule has 0 heterocycles. The normalized spacial score (nSPS) is 12.9. The summed E-state index contributed by atoms with van der Waals surface area (Å²) < 4.78 is 5.31. The van der Waals surface area contributed by atoms with E-state index in [0.717, 1.165) is 19.4 Å². The Morgan fingerprint density at radius 3 is 1.92 bits per heavy atom. The molecule has 0 aliphatic carbocycles. The number of halogens is 1. The molecule has 156 valence electrons. The van der Waals surface area contributed by atoms with Crippen LogP contribution < -0.4 is 22.7 Å². The maximum absolute atomic E-state index is 11.3. The molecule has 0 amide bonds. The minimum atomic E-state index is -0.310. The molecule has 0 saturated carbocycles. The molecule has 0 spiro atoms. The molecule has 0 radical (unpaired) electrons. The maximum atomic E-state index is 11.3. The predicted octanol–water partition coefficient (Wildman–Crippen LogP) is 2.45. The largest absolute Gasteiger partial charge is 1.00 e. The highest BCUT2D eigenvalue weighted by molar-refractivity contribution is 5.81. The molecule has 3 nitrogen and oxygen atoms in total. The van der Waals surface area contributed by atoms with Crippen LogP contribution in [0.4, 0.5) is 0 Å². The fourth-order valence-corrected chi connectivity index (χ4v) is 3.53. The molecule has 4 heteroatoms. The van der Waals surface area contributed by atoms with Gasteiger partial charge in [0, 0.05) is 6.08 Å². The highest BCUT2D eigenvalue weighted by Gasteiger charge is 2.15. The highest BCUT2D eigenvalue weighted by Crippen LogP contribution is 2.21. The molecule has 0 bridgehead atoms. The van der Waals surface area contributed by atoms with Crippen molar-refractivity contribution in [1.29, 1.82) is 0 Å². The average molecular weight is 435 g/mol. The van der Waals surface area contributed by atoms with E-state index in [9.17, 15) is 4.79 Å². The zero-order chi connectivity index (χ0) is 18.8. The second kappa shape index (κ2) is 21.0. The third-order valence-corrected chi connectivity index (χ3v) is 4.98. The Bertz CT molecular complexity index is 323. The maximum Gasteiger partial charge on any atom is 0.330 e. The first-order valence-electron chi connectivity index (χ1n) is 10.8. The number of ether oxygens (including phenoxy) is 1. The van der Waals surface area contributed by atoms with Gasteiger partial charge in [-0.3, -0.25) is 0 Å². The van der Waals surface area contributed by atoms with Crippen molar-refractivity contribution in [2.45, 2.75) is 110 Å². The van der Waals surface area contributed by atoms with Crippen molar-refractivity contribution in [3.05, 3.63) is 12.7 Å². The van der Waals surface area contributed by atoms with E-state index in [1.165, 1.54) is 83.1 Å². The van der Waals surface area contributed by atoms with Crippen molar-refractivity contribution in [3.8, 4) is 0 Å². The molecule has 0 aliphatic heterocycles. The molecule has 0 aromatic heterocycles. The Kier molecular flexibility index (Phi) is 22.5. The third-order valence-electron chi connectivity index (χ3n) is 4.98. The van der Waals surface area contributed by atoms with Gasteiger partial charge in [-0.1, -0.05) is 90.6 Å². The first-order chi connectivity index (χ1) is 12.1. The van der Waals surface area contributed by atoms with E-state index >= 15 is 0 Å². The summed E-state index contributed by atoms with van der Waals surface area (Å²) in [6.45, 7) is 8.68. The quantitative estimate of drug-likeness (QED) is 0.205. The minimum Gasteiger partial charge on any atom is -1.00 e. The second-order valence-corrected chi connectivity index (χ2v) is 7.52. The van der Waals surface area contributed by atoms with E-state index in [2.05, 4.69) is 19.2 Å². The topological polar surface area (TPSA) is 53.9 Å². The van der Waals surface area contributed by atoms with Gasteiger partial charge in [0.1, 0.15) is 0 Å². The van der Waals surface area contributed by atoms with Gasteiger partial charge in [0.05, 0.1) is 12.6 Å². The molecular formula is C22H44BrNO2. The van der Waals surface area contributed by atoms with Crippen LogP contribution in [0.15, 0.2) is 12.7 Å². The Balaban J connectivity index is 0. The zero-order valence-corrected chi connectivity index (χ0v) is 19.0. The molecule has 0 aromatic carbocycles. The number of carbonyl (C=O) groups is 1. The van der Waals surface area contributed by atoms with Crippen molar-refractivity contribution >= 4 is 5.97 Å². The van der Waals surface area contributed by atoms with E-state index in [-0.39, 0.29) is 29.1 Å². The Morgan fingerprint density at radius 1 is 0.962 bits per heavy atom. The highest BCUT2D eigenvalue weighted by atomic mass is 79.9. The number of hydrogen-bond donors (Lipinski definition) is 1. The van der Waals surface area contributed by atoms with E-state index in [0.29, 0.717) is 5.92 Å². The molecule has 0 saturated heterocycles. The van der Waals surface area contributed by atoms with Gasteiger partial charge >= 0.3 is 5.97 Å². The lowest BCUT2D eigenvalue weighted by molar-refractivity contribution is -0.370. The van der Waals surface area contributed by atoms with Crippen LogP contribution in [0.1, 0.15) is 104 Å². The van der Waals surface area contributed by atoms with E-state index in [1.807, 2.05) is 6.92 Å². The van der Waals surface area contributed by atoms with Gasteiger partial charge in [-0.05, 0) is 25.7 Å². The van der Waals surface area contributed by atoms with Gasteiger partial charge in [-0.2, -0.15) is 0 Å². The van der Waals surface area contributed by atoms with E-state index in [4.69, 9.17) is 4.74 Å². The lowest BCUT2D eigenvalue weighted by atomic mass is 9.92. The van der Waals surface area contributed by atoms with Crippen molar-refractivity contribution in [3.63, 3.8) is 0 Å². The Labute approximate surface area is 173 Å². The van der Waals surface area contributed by atoms with Crippen LogP contribution >= 0.6 is 0 Å². The van der Waals surface area contributed by atoms with Crippen LogP contribution in [-0.2, 0) is 9.53 Å². The van der Waals surface area contributed by atoms with Crippen molar-refractivity contribution in [2.24, 2.45) is 5.92 Å². The van der Waals surface area contributed by atoms with E-state index < -0.39 is 0 Å². The number of hydrogen-bond acceptors (Lipinski definition) is 2. The van der Waals surface area contributed by atoms with Crippen LogP contribution in [0.25, 0.3) is 0 Å². The van der Waals surface area contributed by atoms with Crippen molar-refractivity contribution < 1.29 is 32.2 Å².